The Hall–Kier alpha value is -2.57. The van der Waals surface area contributed by atoms with Crippen LogP contribution >= 0.6 is 0 Å². The number of rotatable bonds is 6. The third kappa shape index (κ3) is 5.65. The molecule has 0 unspecified atom stereocenters. The Kier molecular flexibility index (Phi) is 6.66. The third-order valence-corrected chi connectivity index (χ3v) is 6.26. The van der Waals surface area contributed by atoms with E-state index in [1.807, 2.05) is 6.92 Å². The Labute approximate surface area is 198 Å². The fourth-order valence-corrected chi connectivity index (χ4v) is 4.77. The maximum Gasteiger partial charge on any atom is 0.420 e. The van der Waals surface area contributed by atoms with Crippen LogP contribution in [0, 0.1) is 0 Å². The number of β-amino-alcohol motifs (C(OH)–C–C–N with tert-alkyl or cyclic N) is 1. The first-order valence-electron chi connectivity index (χ1n) is 11.2. The SMILES string of the molecule is C[C@H]1C[C@@](O)(c2ccc(C(F)F)nc2)C[C@@H](COc2cnc(N3CC(C)(O)C3)c(C(F)(F)F)c2)N1. The topological polar surface area (TPSA) is 90.7 Å². The van der Waals surface area contributed by atoms with Crippen LogP contribution in [0.5, 0.6) is 5.75 Å². The highest BCUT2D eigenvalue weighted by molar-refractivity contribution is 5.54. The summed E-state index contributed by atoms with van der Waals surface area (Å²) in [6.45, 7) is 3.40. The van der Waals surface area contributed by atoms with Crippen LogP contribution in [0.25, 0.3) is 0 Å². The zero-order chi connectivity index (χ0) is 25.6. The van der Waals surface area contributed by atoms with E-state index in [0.717, 1.165) is 6.07 Å². The van der Waals surface area contributed by atoms with E-state index in [4.69, 9.17) is 4.74 Å². The summed E-state index contributed by atoms with van der Waals surface area (Å²) in [5.41, 5.74) is -3.39. The van der Waals surface area contributed by atoms with Gasteiger partial charge in [-0.2, -0.15) is 13.2 Å². The minimum absolute atomic E-state index is 0.0406. The average molecular weight is 502 g/mol. The number of aliphatic hydroxyl groups is 2. The fourth-order valence-electron chi connectivity index (χ4n) is 4.77. The number of alkyl halides is 5. The lowest BCUT2D eigenvalue weighted by Crippen LogP contribution is -2.60. The van der Waals surface area contributed by atoms with Crippen LogP contribution in [0.4, 0.5) is 27.8 Å². The second kappa shape index (κ2) is 9.14. The number of piperidine rings is 1. The highest BCUT2D eigenvalue weighted by Crippen LogP contribution is 2.40. The van der Waals surface area contributed by atoms with Gasteiger partial charge < -0.3 is 25.2 Å². The van der Waals surface area contributed by atoms with E-state index in [2.05, 4.69) is 15.3 Å². The lowest BCUT2D eigenvalue weighted by molar-refractivity contribution is -0.137. The Morgan fingerprint density at radius 3 is 2.46 bits per heavy atom. The third-order valence-electron chi connectivity index (χ3n) is 6.26. The quantitative estimate of drug-likeness (QED) is 0.522. The van der Waals surface area contributed by atoms with Crippen molar-refractivity contribution < 1.29 is 36.9 Å². The standard InChI is InChI=1S/C23H27F5N4O3/c1-13-6-22(34,14-3-4-18(19(24)25)29-8-14)7-15(31-13)10-35-16-5-17(23(26,27)28)20(30-9-16)32-11-21(2,33)12-32/h3-5,8-9,13,15,19,31,33-34H,6-7,10-12H2,1-2H3/t13-,15-,22-/m0/s1. The van der Waals surface area contributed by atoms with Gasteiger partial charge in [-0.3, -0.25) is 4.98 Å². The summed E-state index contributed by atoms with van der Waals surface area (Å²) in [5, 5.41) is 24.3. The molecule has 2 aromatic rings. The molecular weight excluding hydrogens is 475 g/mol. The molecule has 2 fully saturated rings. The summed E-state index contributed by atoms with van der Waals surface area (Å²) in [5.74, 6) is -0.352. The van der Waals surface area contributed by atoms with Gasteiger partial charge in [0.2, 0.25) is 0 Å². The molecule has 7 nitrogen and oxygen atoms in total. The van der Waals surface area contributed by atoms with E-state index in [1.54, 1.807) is 0 Å². The van der Waals surface area contributed by atoms with Gasteiger partial charge in [0, 0.05) is 36.9 Å². The molecule has 0 aliphatic carbocycles. The van der Waals surface area contributed by atoms with Crippen LogP contribution in [-0.4, -0.2) is 57.6 Å². The van der Waals surface area contributed by atoms with Gasteiger partial charge in [0.05, 0.1) is 17.4 Å². The number of pyridine rings is 2. The number of anilines is 1. The van der Waals surface area contributed by atoms with Crippen molar-refractivity contribution in [2.75, 3.05) is 24.6 Å². The van der Waals surface area contributed by atoms with E-state index >= 15 is 0 Å². The first kappa shape index (κ1) is 25.5. The maximum absolute atomic E-state index is 13.7. The molecule has 3 N–H and O–H groups in total. The molecular formula is C23H27F5N4O3. The fraction of sp³-hybridized carbons (Fsp3) is 0.565. The lowest BCUT2D eigenvalue weighted by atomic mass is 9.79. The van der Waals surface area contributed by atoms with Gasteiger partial charge in [-0.1, -0.05) is 6.07 Å². The van der Waals surface area contributed by atoms with Gasteiger partial charge in [-0.15, -0.1) is 0 Å². The van der Waals surface area contributed by atoms with E-state index in [-0.39, 0.29) is 43.7 Å². The normalized spacial score (nSPS) is 26.5. The van der Waals surface area contributed by atoms with Crippen LogP contribution in [0.1, 0.15) is 49.9 Å². The Morgan fingerprint density at radius 1 is 1.17 bits per heavy atom. The molecule has 0 radical (unpaired) electrons. The predicted molar refractivity (Wildman–Crippen MR) is 116 cm³/mol. The molecule has 2 aromatic heterocycles. The summed E-state index contributed by atoms with van der Waals surface area (Å²) in [6.07, 6.45) is -4.52. The molecule has 4 rings (SSSR count). The molecule has 12 heteroatoms. The van der Waals surface area contributed by atoms with Crippen LogP contribution in [0.3, 0.4) is 0 Å². The van der Waals surface area contributed by atoms with E-state index in [1.165, 1.54) is 36.4 Å². The van der Waals surface area contributed by atoms with Crippen molar-refractivity contribution in [3.05, 3.63) is 47.4 Å². The van der Waals surface area contributed by atoms with Crippen LogP contribution in [-0.2, 0) is 11.8 Å². The minimum atomic E-state index is -4.67. The first-order valence-corrected chi connectivity index (χ1v) is 11.2. The zero-order valence-corrected chi connectivity index (χ0v) is 19.2. The van der Waals surface area contributed by atoms with Crippen LogP contribution < -0.4 is 15.0 Å². The van der Waals surface area contributed by atoms with Crippen molar-refractivity contribution in [1.29, 1.82) is 0 Å². The molecule has 2 aliphatic rings. The molecule has 192 valence electrons. The molecule has 3 atom stereocenters. The molecule has 4 heterocycles. The van der Waals surface area contributed by atoms with Crippen molar-refractivity contribution in [2.45, 2.75) is 62.6 Å². The number of halogens is 5. The molecule has 0 bridgehead atoms. The van der Waals surface area contributed by atoms with Crippen molar-refractivity contribution in [2.24, 2.45) is 0 Å². The number of nitrogens with zero attached hydrogens (tertiary/aromatic N) is 3. The summed E-state index contributed by atoms with van der Waals surface area (Å²) < 4.78 is 72.3. The molecule has 0 amide bonds. The van der Waals surface area contributed by atoms with E-state index < -0.39 is 41.1 Å². The maximum atomic E-state index is 13.7. The highest BCUT2D eigenvalue weighted by atomic mass is 19.4. The second-order valence-corrected chi connectivity index (χ2v) is 9.68. The van der Waals surface area contributed by atoms with Crippen molar-refractivity contribution in [3.8, 4) is 5.75 Å². The monoisotopic (exact) mass is 502 g/mol. The number of aromatic nitrogens is 2. The molecule has 0 saturated carbocycles. The zero-order valence-electron chi connectivity index (χ0n) is 19.2. The molecule has 0 aromatic carbocycles. The minimum Gasteiger partial charge on any atom is -0.490 e. The number of hydrogen-bond acceptors (Lipinski definition) is 7. The summed E-state index contributed by atoms with van der Waals surface area (Å²) >= 11 is 0. The summed E-state index contributed by atoms with van der Waals surface area (Å²) in [6, 6.07) is 2.84. The molecule has 35 heavy (non-hydrogen) atoms. The van der Waals surface area contributed by atoms with E-state index in [0.29, 0.717) is 12.0 Å². The summed E-state index contributed by atoms with van der Waals surface area (Å²) in [7, 11) is 0. The van der Waals surface area contributed by atoms with Crippen LogP contribution in [0.2, 0.25) is 0 Å². The molecule has 0 spiro atoms. The molecule has 2 saturated heterocycles. The highest BCUT2D eigenvalue weighted by Gasteiger charge is 2.43. The van der Waals surface area contributed by atoms with Gasteiger partial charge in [-0.05, 0) is 38.8 Å². The van der Waals surface area contributed by atoms with Crippen molar-refractivity contribution in [3.63, 3.8) is 0 Å². The van der Waals surface area contributed by atoms with Gasteiger partial charge in [-0.25, -0.2) is 13.8 Å². The molecule has 2 aliphatic heterocycles. The lowest BCUT2D eigenvalue weighted by Gasteiger charge is -2.45. The Morgan fingerprint density at radius 2 is 1.89 bits per heavy atom. The summed E-state index contributed by atoms with van der Waals surface area (Å²) in [4.78, 5) is 9.01. The van der Waals surface area contributed by atoms with Crippen LogP contribution in [0.15, 0.2) is 30.6 Å². The second-order valence-electron chi connectivity index (χ2n) is 9.68. The number of ether oxygens (including phenoxy) is 1. The van der Waals surface area contributed by atoms with Gasteiger partial charge >= 0.3 is 6.18 Å². The van der Waals surface area contributed by atoms with Gasteiger partial charge in [0.15, 0.2) is 0 Å². The van der Waals surface area contributed by atoms with E-state index in [9.17, 15) is 32.2 Å². The van der Waals surface area contributed by atoms with Crippen molar-refractivity contribution >= 4 is 5.82 Å². The smallest absolute Gasteiger partial charge is 0.420 e. The average Bonchev–Trinajstić information content (AvgIpc) is 2.75. The number of nitrogens with one attached hydrogen (secondary N) is 1. The predicted octanol–water partition coefficient (Wildman–Crippen LogP) is 3.41. The first-order chi connectivity index (χ1) is 16.3. The van der Waals surface area contributed by atoms with Gasteiger partial charge in [0.1, 0.15) is 29.4 Å². The Balaban J connectivity index is 1.46. The van der Waals surface area contributed by atoms with Crippen molar-refractivity contribution in [1.82, 2.24) is 15.3 Å². The Bertz CT molecular complexity index is 1040. The number of hydrogen-bond donors (Lipinski definition) is 3. The largest absolute Gasteiger partial charge is 0.490 e. The van der Waals surface area contributed by atoms with Gasteiger partial charge in [0.25, 0.3) is 6.43 Å².